The van der Waals surface area contributed by atoms with E-state index < -0.39 is 0 Å². The summed E-state index contributed by atoms with van der Waals surface area (Å²) in [5.41, 5.74) is 3.00. The quantitative estimate of drug-likeness (QED) is 0.564. The first kappa shape index (κ1) is 23.5. The number of nitrogens with zero attached hydrogens (tertiary/aromatic N) is 3. The maximum absolute atomic E-state index is 13.5. The van der Waals surface area contributed by atoms with Crippen LogP contribution in [0.4, 0.5) is 15.8 Å². The van der Waals surface area contributed by atoms with Crippen LogP contribution >= 0.6 is 11.6 Å². The van der Waals surface area contributed by atoms with Gasteiger partial charge in [-0.2, -0.15) is 5.26 Å². The van der Waals surface area contributed by atoms with Crippen LogP contribution in [0.15, 0.2) is 53.5 Å². The molecule has 4 rings (SSSR count). The van der Waals surface area contributed by atoms with Crippen LogP contribution in [0, 0.1) is 24.1 Å². The van der Waals surface area contributed by atoms with Crippen LogP contribution in [-0.2, 0) is 7.05 Å². The van der Waals surface area contributed by atoms with Crippen LogP contribution in [0.3, 0.4) is 0 Å². The Balaban J connectivity index is 1.59. The first-order valence-corrected chi connectivity index (χ1v) is 11.4. The van der Waals surface area contributed by atoms with Gasteiger partial charge in [-0.3, -0.25) is 9.59 Å². The van der Waals surface area contributed by atoms with Crippen molar-refractivity contribution >= 4 is 28.9 Å². The summed E-state index contributed by atoms with van der Waals surface area (Å²) in [6.07, 6.45) is 3.10. The number of carbonyl (C=O) groups excluding carboxylic acids is 1. The Morgan fingerprint density at radius 3 is 2.47 bits per heavy atom. The van der Waals surface area contributed by atoms with E-state index in [2.05, 4.69) is 5.32 Å². The van der Waals surface area contributed by atoms with E-state index in [1.165, 1.54) is 16.7 Å². The summed E-state index contributed by atoms with van der Waals surface area (Å²) in [4.78, 5) is 27.9. The van der Waals surface area contributed by atoms with Gasteiger partial charge in [0.15, 0.2) is 0 Å². The molecule has 0 radical (unpaired) electrons. The molecule has 0 bridgehead atoms. The van der Waals surface area contributed by atoms with Gasteiger partial charge in [-0.1, -0.05) is 23.7 Å². The van der Waals surface area contributed by atoms with Crippen molar-refractivity contribution in [1.82, 2.24) is 9.47 Å². The largest absolute Gasteiger partial charge is 0.354 e. The van der Waals surface area contributed by atoms with E-state index in [4.69, 9.17) is 16.9 Å². The lowest BCUT2D eigenvalue weighted by Crippen LogP contribution is -2.39. The zero-order valence-corrected chi connectivity index (χ0v) is 19.7. The molecule has 2 aromatic carbocycles. The third kappa shape index (κ3) is 4.68. The monoisotopic (exact) mass is 478 g/mol. The minimum absolute atomic E-state index is 0.168. The molecule has 3 aromatic rings. The van der Waals surface area contributed by atoms with Gasteiger partial charge in [0.1, 0.15) is 11.9 Å². The van der Waals surface area contributed by atoms with Crippen molar-refractivity contribution in [3.05, 3.63) is 92.1 Å². The Hall–Kier alpha value is -3.63. The molecular formula is C26H24ClFN4O2. The minimum atomic E-state index is -0.259. The predicted molar refractivity (Wildman–Crippen MR) is 130 cm³/mol. The second-order valence-corrected chi connectivity index (χ2v) is 8.92. The van der Waals surface area contributed by atoms with Gasteiger partial charge < -0.3 is 14.8 Å². The zero-order chi connectivity index (χ0) is 24.4. The summed E-state index contributed by atoms with van der Waals surface area (Å²) in [5.74, 6) is -0.159. The Morgan fingerprint density at radius 1 is 1.18 bits per heavy atom. The van der Waals surface area contributed by atoms with E-state index in [9.17, 15) is 14.0 Å². The predicted octanol–water partition coefficient (Wildman–Crippen LogP) is 5.12. The fourth-order valence-corrected chi connectivity index (χ4v) is 4.59. The third-order valence-electron chi connectivity index (χ3n) is 6.32. The smallest absolute Gasteiger partial charge is 0.257 e. The molecule has 34 heavy (non-hydrogen) atoms. The van der Waals surface area contributed by atoms with Crippen molar-refractivity contribution in [3.63, 3.8) is 0 Å². The van der Waals surface area contributed by atoms with Gasteiger partial charge in [0.05, 0.1) is 21.8 Å². The molecular weight excluding hydrogens is 455 g/mol. The molecule has 2 heterocycles. The van der Waals surface area contributed by atoms with Gasteiger partial charge in [-0.15, -0.1) is 0 Å². The fraction of sp³-hybridized carbons (Fsp3) is 0.269. The van der Waals surface area contributed by atoms with Crippen LogP contribution in [0.1, 0.15) is 45.8 Å². The van der Waals surface area contributed by atoms with E-state index in [0.29, 0.717) is 41.2 Å². The van der Waals surface area contributed by atoms with Gasteiger partial charge in [-0.05, 0) is 61.6 Å². The number of anilines is 2. The van der Waals surface area contributed by atoms with E-state index in [1.54, 1.807) is 55.4 Å². The van der Waals surface area contributed by atoms with Gasteiger partial charge in [0.25, 0.3) is 11.5 Å². The number of benzene rings is 2. The number of piperidine rings is 1. The summed E-state index contributed by atoms with van der Waals surface area (Å²) in [6, 6.07) is 13.4. The first-order valence-electron chi connectivity index (χ1n) is 11.0. The molecule has 1 N–H and O–H groups in total. The number of likely N-dealkylation sites (tertiary alicyclic amines) is 1. The fourth-order valence-electron chi connectivity index (χ4n) is 4.36. The number of rotatable bonds is 4. The van der Waals surface area contributed by atoms with Gasteiger partial charge in [-0.25, -0.2) is 4.39 Å². The van der Waals surface area contributed by atoms with Crippen molar-refractivity contribution in [2.24, 2.45) is 7.05 Å². The molecule has 174 valence electrons. The number of aromatic nitrogens is 1. The average Bonchev–Trinajstić information content (AvgIpc) is 2.84. The topological polar surface area (TPSA) is 78.1 Å². The first-order chi connectivity index (χ1) is 16.3. The molecule has 0 spiro atoms. The van der Waals surface area contributed by atoms with Crippen LogP contribution < -0.4 is 10.9 Å². The normalized spacial score (nSPS) is 14.0. The average molecular weight is 479 g/mol. The molecule has 1 aliphatic heterocycles. The minimum Gasteiger partial charge on any atom is -0.354 e. The van der Waals surface area contributed by atoms with Crippen LogP contribution in [-0.4, -0.2) is 28.5 Å². The maximum Gasteiger partial charge on any atom is 0.257 e. The standard InChI is InChI=1S/C26H24ClFN4O2/c1-16-24(30-21-8-5-19(14-29)23(27)13-21)22(15-31(2)25(16)33)26(34)32-11-9-18(10-12-32)17-3-6-20(28)7-4-17/h3-8,13,15,18,30H,9-12H2,1-2H3. The molecule has 1 fully saturated rings. The second-order valence-electron chi connectivity index (χ2n) is 8.51. The highest BCUT2D eigenvalue weighted by molar-refractivity contribution is 6.32. The molecule has 0 atom stereocenters. The van der Waals surface area contributed by atoms with Crippen LogP contribution in [0.25, 0.3) is 0 Å². The van der Waals surface area contributed by atoms with Crippen molar-refractivity contribution in [1.29, 1.82) is 5.26 Å². The zero-order valence-electron chi connectivity index (χ0n) is 18.9. The van der Waals surface area contributed by atoms with Gasteiger partial charge in [0, 0.05) is 37.6 Å². The van der Waals surface area contributed by atoms with Crippen LogP contribution in [0.2, 0.25) is 5.02 Å². The van der Waals surface area contributed by atoms with Gasteiger partial charge >= 0.3 is 0 Å². The summed E-state index contributed by atoms with van der Waals surface area (Å²) in [7, 11) is 1.62. The SMILES string of the molecule is Cc1c(Nc2ccc(C#N)c(Cl)c2)c(C(=O)N2CCC(c3ccc(F)cc3)CC2)cn(C)c1=O. The van der Waals surface area contributed by atoms with E-state index >= 15 is 0 Å². The number of nitriles is 1. The maximum atomic E-state index is 13.5. The lowest BCUT2D eigenvalue weighted by Gasteiger charge is -2.33. The van der Waals surface area contributed by atoms with Crippen molar-refractivity contribution in [2.45, 2.75) is 25.7 Å². The van der Waals surface area contributed by atoms with Gasteiger partial charge in [0.2, 0.25) is 0 Å². The number of hydrogen-bond donors (Lipinski definition) is 1. The number of hydrogen-bond acceptors (Lipinski definition) is 4. The van der Waals surface area contributed by atoms with Crippen molar-refractivity contribution in [3.8, 4) is 6.07 Å². The summed E-state index contributed by atoms with van der Waals surface area (Å²) in [6.45, 7) is 2.79. The van der Waals surface area contributed by atoms with Crippen molar-refractivity contribution < 1.29 is 9.18 Å². The number of pyridine rings is 1. The van der Waals surface area contributed by atoms with Crippen LogP contribution in [0.5, 0.6) is 0 Å². The molecule has 0 saturated carbocycles. The Morgan fingerprint density at radius 2 is 1.85 bits per heavy atom. The molecule has 6 nitrogen and oxygen atoms in total. The Labute approximate surface area is 202 Å². The lowest BCUT2D eigenvalue weighted by atomic mass is 9.89. The number of aryl methyl sites for hydroxylation is 1. The summed E-state index contributed by atoms with van der Waals surface area (Å²) < 4.78 is 14.7. The second kappa shape index (κ2) is 9.70. The van der Waals surface area contributed by atoms with E-state index in [-0.39, 0.29) is 28.2 Å². The summed E-state index contributed by atoms with van der Waals surface area (Å²) in [5, 5.41) is 12.6. The van der Waals surface area contributed by atoms with E-state index in [1.807, 2.05) is 6.07 Å². The van der Waals surface area contributed by atoms with E-state index in [0.717, 1.165) is 18.4 Å². The number of carbonyl (C=O) groups is 1. The molecule has 1 aliphatic rings. The highest BCUT2D eigenvalue weighted by Crippen LogP contribution is 2.31. The Bertz CT molecular complexity index is 1340. The number of halogens is 2. The molecule has 0 unspecified atom stereocenters. The molecule has 1 amide bonds. The molecule has 8 heteroatoms. The highest BCUT2D eigenvalue weighted by Gasteiger charge is 2.27. The Kier molecular flexibility index (Phi) is 6.71. The third-order valence-corrected chi connectivity index (χ3v) is 6.63. The lowest BCUT2D eigenvalue weighted by molar-refractivity contribution is 0.0713. The summed E-state index contributed by atoms with van der Waals surface area (Å²) >= 11 is 6.16. The number of nitrogens with one attached hydrogen (secondary N) is 1. The molecule has 0 aliphatic carbocycles. The van der Waals surface area contributed by atoms with Crippen molar-refractivity contribution in [2.75, 3.05) is 18.4 Å². The molecule has 1 saturated heterocycles. The highest BCUT2D eigenvalue weighted by atomic mass is 35.5. The molecule has 1 aromatic heterocycles. The number of amides is 1.